The van der Waals surface area contributed by atoms with Crippen molar-refractivity contribution in [2.75, 3.05) is 38.0 Å². The largest absolute Gasteiger partial charge is 0.337 e. The smallest absolute Gasteiger partial charge is 0.319 e. The summed E-state index contributed by atoms with van der Waals surface area (Å²) in [6, 6.07) is 4.82. The number of piperidine rings is 1. The first-order chi connectivity index (χ1) is 15.6. The SMILES string of the molecule is Cc1cc(NC(=O)NCCN2CCC(CCNS(=O)(=O)c3cc(Cl)sc3Cl)CC2)cc(C)n1. The van der Waals surface area contributed by atoms with Gasteiger partial charge in [0, 0.05) is 36.7 Å². The van der Waals surface area contributed by atoms with Crippen molar-refractivity contribution >= 4 is 56.3 Å². The summed E-state index contributed by atoms with van der Waals surface area (Å²) in [5, 5.41) is 5.73. The summed E-state index contributed by atoms with van der Waals surface area (Å²) in [7, 11) is -3.65. The van der Waals surface area contributed by atoms with E-state index in [-0.39, 0.29) is 15.3 Å². The highest BCUT2D eigenvalue weighted by atomic mass is 35.5. The first-order valence-corrected chi connectivity index (χ1v) is 13.8. The molecule has 33 heavy (non-hydrogen) atoms. The van der Waals surface area contributed by atoms with E-state index >= 15 is 0 Å². The van der Waals surface area contributed by atoms with Gasteiger partial charge < -0.3 is 15.5 Å². The Kier molecular flexibility index (Phi) is 9.37. The first-order valence-electron chi connectivity index (χ1n) is 10.8. The molecule has 0 spiro atoms. The quantitative estimate of drug-likeness (QED) is 0.446. The van der Waals surface area contributed by atoms with Gasteiger partial charge in [0.1, 0.15) is 9.23 Å². The van der Waals surface area contributed by atoms with Crippen LogP contribution in [0.1, 0.15) is 30.7 Å². The third-order valence-electron chi connectivity index (χ3n) is 5.52. The van der Waals surface area contributed by atoms with Crippen LogP contribution in [-0.2, 0) is 10.0 Å². The highest BCUT2D eigenvalue weighted by Crippen LogP contribution is 2.34. The maximum absolute atomic E-state index is 12.4. The molecule has 0 unspecified atom stereocenters. The molecule has 1 saturated heterocycles. The highest BCUT2D eigenvalue weighted by molar-refractivity contribution is 7.89. The van der Waals surface area contributed by atoms with Crippen LogP contribution in [0.25, 0.3) is 0 Å². The average molecular weight is 535 g/mol. The third-order valence-corrected chi connectivity index (χ3v) is 8.73. The molecular weight excluding hydrogens is 505 g/mol. The molecule has 0 aliphatic carbocycles. The fourth-order valence-electron chi connectivity index (χ4n) is 3.89. The molecule has 2 amide bonds. The van der Waals surface area contributed by atoms with Crippen LogP contribution in [0.15, 0.2) is 23.1 Å². The molecule has 1 aliphatic rings. The predicted molar refractivity (Wildman–Crippen MR) is 134 cm³/mol. The van der Waals surface area contributed by atoms with E-state index in [9.17, 15) is 13.2 Å². The molecule has 3 heterocycles. The van der Waals surface area contributed by atoms with Crippen LogP contribution in [0, 0.1) is 19.8 Å². The van der Waals surface area contributed by atoms with E-state index in [4.69, 9.17) is 23.2 Å². The second-order valence-electron chi connectivity index (χ2n) is 8.18. The molecule has 0 bridgehead atoms. The number of nitrogens with zero attached hydrogens (tertiary/aromatic N) is 2. The maximum Gasteiger partial charge on any atom is 0.319 e. The van der Waals surface area contributed by atoms with Crippen molar-refractivity contribution in [3.63, 3.8) is 0 Å². The van der Waals surface area contributed by atoms with Gasteiger partial charge >= 0.3 is 6.03 Å². The summed E-state index contributed by atoms with van der Waals surface area (Å²) >= 11 is 12.9. The lowest BCUT2D eigenvalue weighted by Crippen LogP contribution is -2.41. The molecule has 12 heteroatoms. The Bertz CT molecular complexity index is 1050. The monoisotopic (exact) mass is 533 g/mol. The maximum atomic E-state index is 12.4. The van der Waals surface area contributed by atoms with Crippen molar-refractivity contribution in [1.82, 2.24) is 19.9 Å². The topological polar surface area (TPSA) is 103 Å². The number of carbonyl (C=O) groups excluding carboxylic acids is 1. The predicted octanol–water partition coefficient (Wildman–Crippen LogP) is 4.27. The summed E-state index contributed by atoms with van der Waals surface area (Å²) in [5.41, 5.74) is 2.46. The van der Waals surface area contributed by atoms with Gasteiger partial charge in [-0.1, -0.05) is 23.2 Å². The summed E-state index contributed by atoms with van der Waals surface area (Å²) in [6.45, 7) is 7.34. The lowest BCUT2D eigenvalue weighted by atomic mass is 9.94. The Hall–Kier alpha value is -1.43. The van der Waals surface area contributed by atoms with E-state index < -0.39 is 10.0 Å². The van der Waals surface area contributed by atoms with Crippen LogP contribution in [0.2, 0.25) is 8.67 Å². The summed E-state index contributed by atoms with van der Waals surface area (Å²) in [5.74, 6) is 0.458. The summed E-state index contributed by atoms with van der Waals surface area (Å²) in [4.78, 5) is 18.8. The molecule has 0 aromatic carbocycles. The van der Waals surface area contributed by atoms with Crippen molar-refractivity contribution in [2.45, 2.75) is 38.0 Å². The fourth-order valence-corrected chi connectivity index (χ4v) is 7.09. The van der Waals surface area contributed by atoms with Crippen LogP contribution in [0.4, 0.5) is 10.5 Å². The van der Waals surface area contributed by atoms with Gasteiger partial charge in [-0.3, -0.25) is 4.98 Å². The molecule has 1 aliphatic heterocycles. The number of urea groups is 1. The molecule has 2 aromatic rings. The number of hydrogen-bond donors (Lipinski definition) is 3. The van der Waals surface area contributed by atoms with Gasteiger partial charge in [-0.25, -0.2) is 17.9 Å². The second kappa shape index (κ2) is 11.8. The van der Waals surface area contributed by atoms with E-state index in [0.29, 0.717) is 23.3 Å². The molecule has 8 nitrogen and oxygen atoms in total. The van der Waals surface area contributed by atoms with E-state index in [2.05, 4.69) is 25.2 Å². The van der Waals surface area contributed by atoms with Crippen molar-refractivity contribution in [2.24, 2.45) is 5.92 Å². The fraction of sp³-hybridized carbons (Fsp3) is 0.524. The lowest BCUT2D eigenvalue weighted by molar-refractivity contribution is 0.180. The zero-order valence-corrected chi connectivity index (χ0v) is 21.8. The standard InChI is InChI=1S/C21H29Cl2N5O3S2/c1-14-11-17(12-15(2)26-14)27-21(29)24-7-10-28-8-4-16(5-9-28)3-6-25-33(30,31)18-13-19(22)32-20(18)23/h11-13,16,25H,3-10H2,1-2H3,(H2,24,26,27,29). The number of pyridine rings is 1. The zero-order valence-electron chi connectivity index (χ0n) is 18.7. The second-order valence-corrected chi connectivity index (χ2v) is 12.2. The van der Waals surface area contributed by atoms with Gasteiger partial charge in [-0.15, -0.1) is 11.3 Å². The number of rotatable bonds is 9. The Labute approximate surface area is 209 Å². The lowest BCUT2D eigenvalue weighted by Gasteiger charge is -2.32. The number of halogens is 2. The Morgan fingerprint density at radius 1 is 1.15 bits per heavy atom. The average Bonchev–Trinajstić information content (AvgIpc) is 3.07. The zero-order chi connectivity index (χ0) is 24.0. The van der Waals surface area contributed by atoms with Crippen LogP contribution < -0.4 is 15.4 Å². The molecule has 2 aromatic heterocycles. The van der Waals surface area contributed by atoms with Crippen molar-refractivity contribution < 1.29 is 13.2 Å². The number of carbonyl (C=O) groups is 1. The van der Waals surface area contributed by atoms with E-state index in [1.807, 2.05) is 26.0 Å². The number of anilines is 1. The van der Waals surface area contributed by atoms with Gasteiger partial charge in [0.05, 0.1) is 4.34 Å². The van der Waals surface area contributed by atoms with E-state index in [1.54, 1.807) is 0 Å². The van der Waals surface area contributed by atoms with Gasteiger partial charge in [-0.05, 0) is 70.3 Å². The van der Waals surface area contributed by atoms with Crippen LogP contribution in [0.3, 0.4) is 0 Å². The number of amides is 2. The highest BCUT2D eigenvalue weighted by Gasteiger charge is 2.23. The first kappa shape index (κ1) is 26.2. The van der Waals surface area contributed by atoms with E-state index in [1.165, 1.54) is 6.07 Å². The number of aromatic nitrogens is 1. The number of nitrogens with one attached hydrogen (secondary N) is 3. The Balaban J connectivity index is 1.31. The Morgan fingerprint density at radius 2 is 1.82 bits per heavy atom. The molecule has 0 radical (unpaired) electrons. The van der Waals surface area contributed by atoms with Gasteiger partial charge in [0.15, 0.2) is 0 Å². The number of hydrogen-bond acceptors (Lipinski definition) is 6. The minimum atomic E-state index is -3.65. The molecule has 0 atom stereocenters. The van der Waals surface area contributed by atoms with Crippen LogP contribution >= 0.6 is 34.5 Å². The van der Waals surface area contributed by atoms with Gasteiger partial charge in [0.2, 0.25) is 10.0 Å². The number of sulfonamides is 1. The van der Waals surface area contributed by atoms with Crippen molar-refractivity contribution in [3.8, 4) is 0 Å². The minimum absolute atomic E-state index is 0.0414. The number of thiophene rings is 1. The molecule has 0 saturated carbocycles. The summed E-state index contributed by atoms with van der Waals surface area (Å²) < 4.78 is 27.9. The molecule has 3 N–H and O–H groups in total. The van der Waals surface area contributed by atoms with Crippen molar-refractivity contribution in [3.05, 3.63) is 38.3 Å². The Morgan fingerprint density at radius 3 is 2.42 bits per heavy atom. The van der Waals surface area contributed by atoms with Crippen LogP contribution in [0.5, 0.6) is 0 Å². The normalized spacial score (nSPS) is 15.5. The van der Waals surface area contributed by atoms with Gasteiger partial charge in [-0.2, -0.15) is 0 Å². The van der Waals surface area contributed by atoms with E-state index in [0.717, 1.165) is 67.3 Å². The van der Waals surface area contributed by atoms with Gasteiger partial charge in [0.25, 0.3) is 0 Å². The number of likely N-dealkylation sites (tertiary alicyclic amines) is 1. The molecular formula is C21H29Cl2N5O3S2. The molecule has 3 rings (SSSR count). The minimum Gasteiger partial charge on any atom is -0.337 e. The number of aryl methyl sites for hydroxylation is 2. The molecule has 1 fully saturated rings. The van der Waals surface area contributed by atoms with Crippen molar-refractivity contribution in [1.29, 1.82) is 0 Å². The summed E-state index contributed by atoms with van der Waals surface area (Å²) in [6.07, 6.45) is 2.76. The third kappa shape index (κ3) is 8.08. The van der Waals surface area contributed by atoms with Crippen LogP contribution in [-0.4, -0.2) is 57.1 Å². The molecule has 182 valence electrons.